The van der Waals surface area contributed by atoms with Gasteiger partial charge in [0.15, 0.2) is 5.82 Å². The van der Waals surface area contributed by atoms with Crippen LogP contribution in [0.1, 0.15) is 48.4 Å². The number of carbonyl (C=O) groups is 1. The Kier molecular flexibility index (Phi) is 5.20. The van der Waals surface area contributed by atoms with Crippen molar-refractivity contribution in [3.05, 3.63) is 65.5 Å². The van der Waals surface area contributed by atoms with Crippen molar-refractivity contribution in [3.8, 4) is 17.2 Å². The van der Waals surface area contributed by atoms with Crippen molar-refractivity contribution in [1.82, 2.24) is 15.5 Å². The van der Waals surface area contributed by atoms with Gasteiger partial charge < -0.3 is 14.6 Å². The highest BCUT2D eigenvalue weighted by Crippen LogP contribution is 2.33. The number of ether oxygens (including phenoxy) is 1. The molecule has 1 heterocycles. The monoisotopic (exact) mass is 431 g/mol. The number of rotatable bonds is 6. The summed E-state index contributed by atoms with van der Waals surface area (Å²) in [5, 5.41) is 6.99. The predicted molar refractivity (Wildman–Crippen MR) is 105 cm³/mol. The molecule has 0 unspecified atom stereocenters. The molecule has 3 aromatic rings. The molecule has 2 aromatic carbocycles. The van der Waals surface area contributed by atoms with Crippen LogP contribution in [0, 0.1) is 0 Å². The fraction of sp³-hybridized carbons (Fsp3) is 0.318. The number of amides is 1. The Hall–Kier alpha value is -3.36. The molecule has 0 aliphatic heterocycles. The van der Waals surface area contributed by atoms with Crippen molar-refractivity contribution in [2.24, 2.45) is 0 Å². The predicted octanol–water partition coefficient (Wildman–Crippen LogP) is 4.85. The van der Waals surface area contributed by atoms with Gasteiger partial charge in [-0.25, -0.2) is 0 Å². The number of aromatic nitrogens is 2. The lowest BCUT2D eigenvalue weighted by molar-refractivity contribution is -0.274. The Balaban J connectivity index is 1.54. The summed E-state index contributed by atoms with van der Waals surface area (Å²) in [6.45, 7) is 3.67. The minimum absolute atomic E-state index is 0.148. The second-order valence-electron chi connectivity index (χ2n) is 7.95. The van der Waals surface area contributed by atoms with E-state index in [0.717, 1.165) is 12.8 Å². The van der Waals surface area contributed by atoms with Crippen LogP contribution in [0.25, 0.3) is 11.5 Å². The first kappa shape index (κ1) is 20.9. The number of carbonyl (C=O) groups excluding carboxylic acids is 1. The average Bonchev–Trinajstić information content (AvgIpc) is 3.38. The molecule has 1 aromatic heterocycles. The van der Waals surface area contributed by atoms with E-state index < -0.39 is 11.8 Å². The molecule has 1 saturated carbocycles. The minimum Gasteiger partial charge on any atom is -0.406 e. The third-order valence-electron chi connectivity index (χ3n) is 5.08. The fourth-order valence-corrected chi connectivity index (χ4v) is 3.09. The van der Waals surface area contributed by atoms with Crippen molar-refractivity contribution in [3.63, 3.8) is 0 Å². The fourth-order valence-electron chi connectivity index (χ4n) is 3.09. The molecule has 0 radical (unpaired) electrons. The third-order valence-corrected chi connectivity index (χ3v) is 5.08. The topological polar surface area (TPSA) is 77.2 Å². The van der Waals surface area contributed by atoms with Crippen LogP contribution in [-0.4, -0.2) is 28.5 Å². The summed E-state index contributed by atoms with van der Waals surface area (Å²) in [7, 11) is 0. The highest BCUT2D eigenvalue weighted by atomic mass is 19.4. The number of nitrogens with one attached hydrogen (secondary N) is 1. The lowest BCUT2D eigenvalue weighted by Gasteiger charge is -2.21. The average molecular weight is 431 g/mol. The first-order chi connectivity index (χ1) is 14.6. The maximum Gasteiger partial charge on any atom is 0.573 e. The van der Waals surface area contributed by atoms with Gasteiger partial charge in [0.05, 0.1) is 5.41 Å². The van der Waals surface area contributed by atoms with Crippen molar-refractivity contribution >= 4 is 5.91 Å². The molecular formula is C22H20F3N3O3. The van der Waals surface area contributed by atoms with Gasteiger partial charge in [-0.3, -0.25) is 4.79 Å². The van der Waals surface area contributed by atoms with E-state index in [1.165, 1.54) is 24.3 Å². The van der Waals surface area contributed by atoms with E-state index in [9.17, 15) is 18.0 Å². The number of hydrogen-bond acceptors (Lipinski definition) is 5. The van der Waals surface area contributed by atoms with E-state index in [4.69, 9.17) is 4.52 Å². The lowest BCUT2D eigenvalue weighted by Crippen LogP contribution is -2.25. The normalized spacial score (nSPS) is 14.4. The van der Waals surface area contributed by atoms with Crippen LogP contribution in [-0.2, 0) is 5.41 Å². The van der Waals surface area contributed by atoms with E-state index in [-0.39, 0.29) is 23.6 Å². The highest BCUT2D eigenvalue weighted by Gasteiger charge is 2.32. The van der Waals surface area contributed by atoms with E-state index in [2.05, 4.69) is 20.2 Å². The molecule has 1 N–H and O–H groups in total. The summed E-state index contributed by atoms with van der Waals surface area (Å²) in [5.41, 5.74) is 1.06. The van der Waals surface area contributed by atoms with Crippen LogP contribution in [0.2, 0.25) is 0 Å². The van der Waals surface area contributed by atoms with Crippen LogP contribution in [0.3, 0.4) is 0 Å². The number of halogens is 3. The molecule has 6 nitrogen and oxygen atoms in total. The zero-order valence-corrected chi connectivity index (χ0v) is 16.9. The second kappa shape index (κ2) is 7.72. The molecule has 0 bridgehead atoms. The summed E-state index contributed by atoms with van der Waals surface area (Å²) in [6.07, 6.45) is -2.75. The first-order valence-corrected chi connectivity index (χ1v) is 9.73. The van der Waals surface area contributed by atoms with Gasteiger partial charge >= 0.3 is 6.36 Å². The Morgan fingerprint density at radius 3 is 2.48 bits per heavy atom. The van der Waals surface area contributed by atoms with Crippen molar-refractivity contribution in [1.29, 1.82) is 0 Å². The summed E-state index contributed by atoms with van der Waals surface area (Å²) < 4.78 is 46.4. The maximum atomic E-state index is 12.4. The molecule has 0 spiro atoms. The highest BCUT2D eigenvalue weighted by molar-refractivity contribution is 5.95. The zero-order valence-electron chi connectivity index (χ0n) is 16.9. The molecule has 31 heavy (non-hydrogen) atoms. The largest absolute Gasteiger partial charge is 0.573 e. The van der Waals surface area contributed by atoms with Gasteiger partial charge in [0.25, 0.3) is 11.8 Å². The van der Waals surface area contributed by atoms with Gasteiger partial charge in [0.1, 0.15) is 5.75 Å². The van der Waals surface area contributed by atoms with E-state index >= 15 is 0 Å². The molecule has 1 fully saturated rings. The molecular weight excluding hydrogens is 411 g/mol. The summed E-state index contributed by atoms with van der Waals surface area (Å²) in [6, 6.07) is 12.7. The summed E-state index contributed by atoms with van der Waals surface area (Å²) in [4.78, 5) is 16.7. The Bertz CT molecular complexity index is 1090. The smallest absolute Gasteiger partial charge is 0.406 e. The summed E-state index contributed by atoms with van der Waals surface area (Å²) >= 11 is 0. The third kappa shape index (κ3) is 4.87. The van der Waals surface area contributed by atoms with Crippen molar-refractivity contribution < 1.29 is 27.2 Å². The minimum atomic E-state index is -4.75. The standard InChI is InChI=1S/C22H20F3N3O3/c1-21(2,15-6-10-17(11-7-15)30-22(23,24)25)20-27-19(31-28-20)14-5-3-4-13(12-14)18(29)26-16-8-9-16/h3-7,10-12,16H,8-9H2,1-2H3,(H,26,29). The Labute approximate surface area is 176 Å². The zero-order chi connectivity index (χ0) is 22.2. The van der Waals surface area contributed by atoms with Gasteiger partial charge in [-0.05, 0) is 62.6 Å². The lowest BCUT2D eigenvalue weighted by atomic mass is 9.84. The van der Waals surface area contributed by atoms with Gasteiger partial charge in [0, 0.05) is 17.2 Å². The van der Waals surface area contributed by atoms with Gasteiger partial charge in [0.2, 0.25) is 0 Å². The van der Waals surface area contributed by atoms with Crippen LogP contribution < -0.4 is 10.1 Å². The van der Waals surface area contributed by atoms with E-state index in [1.54, 1.807) is 24.3 Å². The first-order valence-electron chi connectivity index (χ1n) is 9.73. The molecule has 9 heteroatoms. The number of benzene rings is 2. The van der Waals surface area contributed by atoms with Gasteiger partial charge in [-0.2, -0.15) is 4.98 Å². The van der Waals surface area contributed by atoms with Crippen molar-refractivity contribution in [2.75, 3.05) is 0 Å². The van der Waals surface area contributed by atoms with Crippen LogP contribution in [0.5, 0.6) is 5.75 Å². The second-order valence-corrected chi connectivity index (χ2v) is 7.95. The molecule has 1 aliphatic rings. The van der Waals surface area contributed by atoms with Crippen LogP contribution in [0.15, 0.2) is 53.1 Å². The number of hydrogen-bond donors (Lipinski definition) is 1. The molecule has 4 rings (SSSR count). The quantitative estimate of drug-likeness (QED) is 0.604. The maximum absolute atomic E-state index is 12.4. The Morgan fingerprint density at radius 2 is 1.84 bits per heavy atom. The molecule has 0 saturated heterocycles. The van der Waals surface area contributed by atoms with Crippen LogP contribution in [0.4, 0.5) is 13.2 Å². The van der Waals surface area contributed by atoms with Crippen molar-refractivity contribution in [2.45, 2.75) is 44.5 Å². The Morgan fingerprint density at radius 1 is 1.13 bits per heavy atom. The SMILES string of the molecule is CC(C)(c1ccc(OC(F)(F)F)cc1)c1noc(-c2cccc(C(=O)NC3CC3)c2)n1. The van der Waals surface area contributed by atoms with Gasteiger partial charge in [-0.1, -0.05) is 23.4 Å². The number of alkyl halides is 3. The van der Waals surface area contributed by atoms with Crippen LogP contribution >= 0.6 is 0 Å². The van der Waals surface area contributed by atoms with Gasteiger partial charge in [-0.15, -0.1) is 13.2 Å². The van der Waals surface area contributed by atoms with E-state index in [1.807, 2.05) is 13.8 Å². The molecule has 1 amide bonds. The summed E-state index contributed by atoms with van der Waals surface area (Å²) in [5.74, 6) is 0.161. The van der Waals surface area contributed by atoms with E-state index in [0.29, 0.717) is 22.5 Å². The number of nitrogens with zero attached hydrogens (tertiary/aromatic N) is 2. The molecule has 1 aliphatic carbocycles. The molecule has 162 valence electrons. The molecule has 0 atom stereocenters.